The Balaban J connectivity index is 2.63. The highest BCUT2D eigenvalue weighted by atomic mass is 79.9. The van der Waals surface area contributed by atoms with Gasteiger partial charge in [-0.3, -0.25) is 0 Å². The van der Waals surface area contributed by atoms with Gasteiger partial charge in [0.2, 0.25) is 0 Å². The topological polar surface area (TPSA) is 29.3 Å². The highest BCUT2D eigenvalue weighted by molar-refractivity contribution is 9.10. The van der Waals surface area contributed by atoms with Gasteiger partial charge in [0.05, 0.1) is 0 Å². The quantitative estimate of drug-likeness (QED) is 0.892. The first-order chi connectivity index (χ1) is 6.63. The number of nitrogens with zero attached hydrogens (tertiary/aromatic N) is 1. The van der Waals surface area contributed by atoms with E-state index in [1.165, 1.54) is 5.56 Å². The lowest BCUT2D eigenvalue weighted by atomic mass is 10.1. The molecule has 1 atom stereocenters. The molecule has 0 radical (unpaired) electrons. The number of hydrogen-bond acceptors (Lipinski definition) is 2. The van der Waals surface area contributed by atoms with Crippen LogP contribution < -0.4 is 5.73 Å². The van der Waals surface area contributed by atoms with Crippen LogP contribution in [0.4, 0.5) is 0 Å². The van der Waals surface area contributed by atoms with Gasteiger partial charge >= 0.3 is 0 Å². The third kappa shape index (κ3) is 3.40. The summed E-state index contributed by atoms with van der Waals surface area (Å²) in [5, 5.41) is 0. The molecule has 14 heavy (non-hydrogen) atoms. The smallest absolute Gasteiger partial charge is 0.0252 e. The minimum atomic E-state index is 0.427. The lowest BCUT2D eigenvalue weighted by Crippen LogP contribution is -2.36. The van der Waals surface area contributed by atoms with Crippen molar-refractivity contribution in [2.75, 3.05) is 20.6 Å². The van der Waals surface area contributed by atoms with Crippen molar-refractivity contribution in [3.8, 4) is 0 Å². The molecule has 0 aromatic heterocycles. The second-order valence-corrected chi connectivity index (χ2v) is 4.60. The van der Waals surface area contributed by atoms with Crippen LogP contribution in [0.1, 0.15) is 5.56 Å². The Hall–Kier alpha value is -0.380. The zero-order valence-corrected chi connectivity index (χ0v) is 10.3. The van der Waals surface area contributed by atoms with Gasteiger partial charge in [0, 0.05) is 17.1 Å². The van der Waals surface area contributed by atoms with Crippen LogP contribution in [0.3, 0.4) is 0 Å². The molecule has 0 saturated heterocycles. The molecule has 0 saturated carbocycles. The number of likely N-dealkylation sites (N-methyl/N-ethyl adjacent to an activating group) is 1. The first-order valence-electron chi connectivity index (χ1n) is 4.74. The van der Waals surface area contributed by atoms with Crippen molar-refractivity contribution in [1.29, 1.82) is 0 Å². The molecule has 1 aromatic rings. The first-order valence-corrected chi connectivity index (χ1v) is 5.53. The molecule has 0 bridgehead atoms. The Morgan fingerprint density at radius 3 is 2.29 bits per heavy atom. The summed E-state index contributed by atoms with van der Waals surface area (Å²) in [5.41, 5.74) is 7.03. The molecular formula is C11H17BrN2. The second-order valence-electron chi connectivity index (χ2n) is 3.68. The van der Waals surface area contributed by atoms with Crippen molar-refractivity contribution in [3.05, 3.63) is 34.3 Å². The van der Waals surface area contributed by atoms with E-state index in [4.69, 9.17) is 5.73 Å². The van der Waals surface area contributed by atoms with E-state index in [1.54, 1.807) is 0 Å². The van der Waals surface area contributed by atoms with Crippen molar-refractivity contribution in [3.63, 3.8) is 0 Å². The van der Waals surface area contributed by atoms with E-state index >= 15 is 0 Å². The fraction of sp³-hybridized carbons (Fsp3) is 0.455. The first kappa shape index (κ1) is 11.7. The second kappa shape index (κ2) is 5.49. The monoisotopic (exact) mass is 256 g/mol. The van der Waals surface area contributed by atoms with Gasteiger partial charge in [0.25, 0.3) is 0 Å². The zero-order valence-electron chi connectivity index (χ0n) is 8.70. The maximum Gasteiger partial charge on any atom is 0.0252 e. The predicted molar refractivity (Wildman–Crippen MR) is 64.4 cm³/mol. The fourth-order valence-electron chi connectivity index (χ4n) is 1.37. The molecule has 0 heterocycles. The lowest BCUT2D eigenvalue weighted by molar-refractivity contribution is 0.298. The molecule has 0 fully saturated rings. The minimum Gasteiger partial charge on any atom is -0.329 e. The van der Waals surface area contributed by atoms with Crippen LogP contribution in [-0.2, 0) is 6.42 Å². The van der Waals surface area contributed by atoms with E-state index in [1.807, 2.05) is 0 Å². The number of halogens is 1. The molecule has 0 aliphatic heterocycles. The molecular weight excluding hydrogens is 240 g/mol. The summed E-state index contributed by atoms with van der Waals surface area (Å²) in [6.07, 6.45) is 1.01. The summed E-state index contributed by atoms with van der Waals surface area (Å²) in [6.45, 7) is 0.697. The fourth-order valence-corrected chi connectivity index (χ4v) is 1.63. The molecule has 0 aliphatic carbocycles. The van der Waals surface area contributed by atoms with E-state index in [2.05, 4.69) is 59.2 Å². The lowest BCUT2D eigenvalue weighted by Gasteiger charge is -2.22. The Labute approximate surface area is 94.2 Å². The Morgan fingerprint density at radius 1 is 1.29 bits per heavy atom. The van der Waals surface area contributed by atoms with E-state index < -0.39 is 0 Å². The standard InChI is InChI=1S/C11H17BrN2/c1-14(2)11(8-13)7-9-3-5-10(12)6-4-9/h3-6,11H,7-8,13H2,1-2H3/t11-/m0/s1. The predicted octanol–water partition coefficient (Wildman–Crippen LogP) is 1.88. The molecule has 0 spiro atoms. The van der Waals surface area contributed by atoms with Crippen molar-refractivity contribution in [2.24, 2.45) is 5.73 Å². The summed E-state index contributed by atoms with van der Waals surface area (Å²) in [5.74, 6) is 0. The third-order valence-corrected chi connectivity index (χ3v) is 2.92. The molecule has 2 nitrogen and oxygen atoms in total. The summed E-state index contributed by atoms with van der Waals surface area (Å²) >= 11 is 3.42. The van der Waals surface area contributed by atoms with Crippen molar-refractivity contribution >= 4 is 15.9 Å². The minimum absolute atomic E-state index is 0.427. The summed E-state index contributed by atoms with van der Waals surface area (Å²) in [4.78, 5) is 2.17. The Morgan fingerprint density at radius 2 is 1.86 bits per heavy atom. The number of rotatable bonds is 4. The van der Waals surface area contributed by atoms with Crippen LogP contribution in [0.15, 0.2) is 28.7 Å². The molecule has 0 unspecified atom stereocenters. The summed E-state index contributed by atoms with van der Waals surface area (Å²) in [7, 11) is 4.13. The number of benzene rings is 1. The normalized spacial score (nSPS) is 13.2. The van der Waals surface area contributed by atoms with Crippen molar-refractivity contribution < 1.29 is 0 Å². The van der Waals surface area contributed by atoms with Crippen LogP contribution >= 0.6 is 15.9 Å². The molecule has 1 rings (SSSR count). The van der Waals surface area contributed by atoms with Gasteiger partial charge in [0.15, 0.2) is 0 Å². The van der Waals surface area contributed by atoms with Crippen molar-refractivity contribution in [2.45, 2.75) is 12.5 Å². The maximum absolute atomic E-state index is 5.70. The zero-order chi connectivity index (χ0) is 10.6. The molecule has 1 aromatic carbocycles. The van der Waals surface area contributed by atoms with Gasteiger partial charge in [-0.2, -0.15) is 0 Å². The van der Waals surface area contributed by atoms with E-state index in [-0.39, 0.29) is 0 Å². The molecule has 78 valence electrons. The Bertz CT molecular complexity index is 269. The van der Waals surface area contributed by atoms with Crippen LogP contribution in [0.5, 0.6) is 0 Å². The summed E-state index contributed by atoms with van der Waals surface area (Å²) in [6, 6.07) is 8.83. The average Bonchev–Trinajstić information content (AvgIpc) is 2.16. The molecule has 3 heteroatoms. The van der Waals surface area contributed by atoms with Crippen LogP contribution in [0.25, 0.3) is 0 Å². The van der Waals surface area contributed by atoms with Crippen LogP contribution in [-0.4, -0.2) is 31.6 Å². The van der Waals surface area contributed by atoms with E-state index in [0.29, 0.717) is 12.6 Å². The highest BCUT2D eigenvalue weighted by Gasteiger charge is 2.09. The van der Waals surface area contributed by atoms with E-state index in [0.717, 1.165) is 10.9 Å². The highest BCUT2D eigenvalue weighted by Crippen LogP contribution is 2.12. The van der Waals surface area contributed by atoms with Crippen molar-refractivity contribution in [1.82, 2.24) is 4.90 Å². The SMILES string of the molecule is CN(C)[C@H](CN)Cc1ccc(Br)cc1. The Kier molecular flexibility index (Phi) is 4.58. The van der Waals surface area contributed by atoms with Crippen LogP contribution in [0.2, 0.25) is 0 Å². The van der Waals surface area contributed by atoms with Gasteiger partial charge in [-0.1, -0.05) is 28.1 Å². The van der Waals surface area contributed by atoms with Gasteiger partial charge in [-0.15, -0.1) is 0 Å². The molecule has 0 aliphatic rings. The maximum atomic E-state index is 5.70. The molecule has 2 N–H and O–H groups in total. The number of nitrogens with two attached hydrogens (primary N) is 1. The third-order valence-electron chi connectivity index (χ3n) is 2.39. The number of hydrogen-bond donors (Lipinski definition) is 1. The van der Waals surface area contributed by atoms with E-state index in [9.17, 15) is 0 Å². The largest absolute Gasteiger partial charge is 0.329 e. The van der Waals surface area contributed by atoms with Gasteiger partial charge in [-0.05, 0) is 38.2 Å². The van der Waals surface area contributed by atoms with Gasteiger partial charge in [-0.25, -0.2) is 0 Å². The average molecular weight is 257 g/mol. The summed E-state index contributed by atoms with van der Waals surface area (Å²) < 4.78 is 1.12. The van der Waals surface area contributed by atoms with Gasteiger partial charge in [0.1, 0.15) is 0 Å². The van der Waals surface area contributed by atoms with Gasteiger partial charge < -0.3 is 10.6 Å². The molecule has 0 amide bonds. The van der Waals surface area contributed by atoms with Crippen LogP contribution in [0, 0.1) is 0 Å².